The van der Waals surface area contributed by atoms with E-state index in [9.17, 15) is 4.79 Å². The number of carbonyl (C=O) groups excluding carboxylic acids is 1. The van der Waals surface area contributed by atoms with Crippen molar-refractivity contribution in [2.75, 3.05) is 19.8 Å². The van der Waals surface area contributed by atoms with Crippen LogP contribution in [0, 0.1) is 0 Å². The number of hydrogen-bond donors (Lipinski definition) is 0. The lowest BCUT2D eigenvalue weighted by molar-refractivity contribution is -0.150. The average molecular weight is 293 g/mol. The molecule has 2 aliphatic rings. The van der Waals surface area contributed by atoms with Crippen molar-refractivity contribution in [3.63, 3.8) is 0 Å². The molecular weight excluding hydrogens is 270 g/mol. The average Bonchev–Trinajstić information content (AvgIpc) is 3.16. The molecule has 1 atom stereocenters. The molecular formula is C15H23N3O3. The van der Waals surface area contributed by atoms with E-state index in [1.165, 1.54) is 0 Å². The number of amides is 1. The first-order valence-electron chi connectivity index (χ1n) is 7.74. The minimum Gasteiger partial charge on any atom is -0.348 e. The summed E-state index contributed by atoms with van der Waals surface area (Å²) in [5, 5.41) is 4.14. The number of aromatic nitrogens is 2. The fourth-order valence-corrected chi connectivity index (χ4v) is 3.14. The Morgan fingerprint density at radius 1 is 1.38 bits per heavy atom. The van der Waals surface area contributed by atoms with E-state index < -0.39 is 0 Å². The van der Waals surface area contributed by atoms with Crippen LogP contribution in [0.25, 0.3) is 0 Å². The van der Waals surface area contributed by atoms with Gasteiger partial charge in [-0.05, 0) is 31.2 Å². The zero-order chi connectivity index (χ0) is 14.7. The van der Waals surface area contributed by atoms with Gasteiger partial charge in [-0.25, -0.2) is 0 Å². The van der Waals surface area contributed by atoms with Crippen LogP contribution in [0.5, 0.6) is 0 Å². The highest BCUT2D eigenvalue weighted by Gasteiger charge is 2.35. The minimum atomic E-state index is -0.229. The second-order valence-electron chi connectivity index (χ2n) is 5.78. The Kier molecular flexibility index (Phi) is 4.55. The smallest absolute Gasteiger partial charge is 0.223 e. The summed E-state index contributed by atoms with van der Waals surface area (Å²) < 4.78 is 13.0. The predicted octanol–water partition coefficient (Wildman–Crippen LogP) is 1.11. The number of rotatable bonds is 4. The molecule has 0 saturated carbocycles. The Bertz CT molecular complexity index is 482. The van der Waals surface area contributed by atoms with Crippen LogP contribution in [0.1, 0.15) is 31.2 Å². The fraction of sp³-hybridized carbons (Fsp3) is 0.733. The summed E-state index contributed by atoms with van der Waals surface area (Å²) in [7, 11) is 1.89. The van der Waals surface area contributed by atoms with Gasteiger partial charge in [0.25, 0.3) is 0 Å². The molecule has 1 unspecified atom stereocenters. The van der Waals surface area contributed by atoms with Crippen molar-refractivity contribution >= 4 is 5.91 Å². The second-order valence-corrected chi connectivity index (χ2v) is 5.78. The Morgan fingerprint density at radius 2 is 2.19 bits per heavy atom. The predicted molar refractivity (Wildman–Crippen MR) is 76.6 cm³/mol. The molecule has 2 fully saturated rings. The minimum absolute atomic E-state index is 0.0858. The largest absolute Gasteiger partial charge is 0.348 e. The van der Waals surface area contributed by atoms with Crippen molar-refractivity contribution < 1.29 is 14.3 Å². The van der Waals surface area contributed by atoms with E-state index in [1.807, 2.05) is 24.3 Å². The number of aryl methyl sites for hydroxylation is 2. The molecule has 0 spiro atoms. The molecule has 6 heteroatoms. The summed E-state index contributed by atoms with van der Waals surface area (Å²) in [5.41, 5.74) is 1.10. The van der Waals surface area contributed by atoms with Gasteiger partial charge in [-0.3, -0.25) is 9.48 Å². The molecule has 1 aromatic heterocycles. The maximum atomic E-state index is 12.5. The molecule has 0 aromatic carbocycles. The van der Waals surface area contributed by atoms with Gasteiger partial charge in [-0.2, -0.15) is 5.10 Å². The normalized spacial score (nSPS) is 23.7. The first-order chi connectivity index (χ1) is 10.2. The van der Waals surface area contributed by atoms with Crippen LogP contribution in [-0.4, -0.2) is 52.7 Å². The summed E-state index contributed by atoms with van der Waals surface area (Å²) in [6.07, 6.45) is 8.00. The van der Waals surface area contributed by atoms with E-state index in [-0.39, 0.29) is 18.2 Å². The third-order valence-electron chi connectivity index (χ3n) is 4.22. The summed E-state index contributed by atoms with van der Waals surface area (Å²) in [5.74, 6) is 0.197. The zero-order valence-corrected chi connectivity index (χ0v) is 12.5. The van der Waals surface area contributed by atoms with E-state index in [4.69, 9.17) is 9.47 Å². The van der Waals surface area contributed by atoms with E-state index >= 15 is 0 Å². The molecule has 3 heterocycles. The monoisotopic (exact) mass is 293 g/mol. The molecule has 2 saturated heterocycles. The van der Waals surface area contributed by atoms with Gasteiger partial charge < -0.3 is 14.4 Å². The number of likely N-dealkylation sites (tertiary alicyclic amines) is 1. The van der Waals surface area contributed by atoms with Crippen LogP contribution in [0.3, 0.4) is 0 Å². The molecule has 6 nitrogen and oxygen atoms in total. The van der Waals surface area contributed by atoms with Crippen molar-refractivity contribution in [2.45, 2.75) is 44.4 Å². The molecule has 3 rings (SSSR count). The summed E-state index contributed by atoms with van der Waals surface area (Å²) in [6.45, 7) is 2.09. The van der Waals surface area contributed by atoms with E-state index in [2.05, 4.69) is 5.10 Å². The van der Waals surface area contributed by atoms with Gasteiger partial charge in [0.05, 0.1) is 25.5 Å². The summed E-state index contributed by atoms with van der Waals surface area (Å²) >= 11 is 0. The molecule has 21 heavy (non-hydrogen) atoms. The molecule has 1 amide bonds. The van der Waals surface area contributed by atoms with Crippen molar-refractivity contribution in [1.82, 2.24) is 14.7 Å². The van der Waals surface area contributed by atoms with Gasteiger partial charge in [0, 0.05) is 26.2 Å². The Balaban J connectivity index is 1.58. The lowest BCUT2D eigenvalue weighted by atomic mass is 10.0. The molecule has 0 bridgehead atoms. The maximum Gasteiger partial charge on any atom is 0.223 e. The third kappa shape index (κ3) is 3.44. The second kappa shape index (κ2) is 6.58. The number of piperidine rings is 1. The van der Waals surface area contributed by atoms with Crippen LogP contribution in [0.2, 0.25) is 0 Å². The number of hydrogen-bond acceptors (Lipinski definition) is 4. The Morgan fingerprint density at radius 3 is 2.90 bits per heavy atom. The molecule has 0 N–H and O–H groups in total. The van der Waals surface area contributed by atoms with Crippen molar-refractivity contribution in [3.05, 3.63) is 18.0 Å². The highest BCUT2D eigenvalue weighted by atomic mass is 16.7. The first-order valence-corrected chi connectivity index (χ1v) is 7.74. The van der Waals surface area contributed by atoms with Crippen molar-refractivity contribution in [2.24, 2.45) is 7.05 Å². The summed E-state index contributed by atoms with van der Waals surface area (Å²) in [4.78, 5) is 14.5. The van der Waals surface area contributed by atoms with Gasteiger partial charge in [0.2, 0.25) is 5.91 Å². The molecule has 2 aliphatic heterocycles. The highest BCUT2D eigenvalue weighted by molar-refractivity contribution is 5.77. The zero-order valence-electron chi connectivity index (χ0n) is 12.5. The maximum absolute atomic E-state index is 12.5. The van der Waals surface area contributed by atoms with Crippen molar-refractivity contribution in [3.8, 4) is 0 Å². The number of ether oxygens (including phenoxy) is 2. The Labute approximate surface area is 125 Å². The fourth-order valence-electron chi connectivity index (χ4n) is 3.14. The van der Waals surface area contributed by atoms with Gasteiger partial charge in [0.15, 0.2) is 6.29 Å². The van der Waals surface area contributed by atoms with E-state index in [1.54, 1.807) is 4.68 Å². The number of nitrogens with zero attached hydrogens (tertiary/aromatic N) is 3. The first kappa shape index (κ1) is 14.5. The highest BCUT2D eigenvalue weighted by Crippen LogP contribution is 2.25. The van der Waals surface area contributed by atoms with Gasteiger partial charge in [-0.1, -0.05) is 0 Å². The van der Waals surface area contributed by atoms with Gasteiger partial charge in [-0.15, -0.1) is 0 Å². The third-order valence-corrected chi connectivity index (χ3v) is 4.22. The van der Waals surface area contributed by atoms with E-state index in [0.717, 1.165) is 37.8 Å². The van der Waals surface area contributed by atoms with Gasteiger partial charge in [0.1, 0.15) is 0 Å². The standard InChI is InChI=1S/C15H23N3O3/c1-17-11-12(10-16-17)5-6-14(19)18-7-3-2-4-13(18)15-20-8-9-21-15/h10-11,13,15H,2-9H2,1H3. The van der Waals surface area contributed by atoms with Crippen LogP contribution in [0.15, 0.2) is 12.4 Å². The molecule has 0 aliphatic carbocycles. The number of carbonyl (C=O) groups is 1. The molecule has 1 aromatic rings. The van der Waals surface area contributed by atoms with E-state index in [0.29, 0.717) is 19.6 Å². The van der Waals surface area contributed by atoms with Crippen molar-refractivity contribution in [1.29, 1.82) is 0 Å². The van der Waals surface area contributed by atoms with Crippen LogP contribution in [0.4, 0.5) is 0 Å². The SMILES string of the molecule is Cn1cc(CCC(=O)N2CCCCC2C2OCCO2)cn1. The molecule has 0 radical (unpaired) electrons. The summed E-state index contributed by atoms with van der Waals surface area (Å²) in [6, 6.07) is 0.0858. The lowest BCUT2D eigenvalue weighted by Gasteiger charge is -2.38. The van der Waals surface area contributed by atoms with Crippen LogP contribution >= 0.6 is 0 Å². The topological polar surface area (TPSA) is 56.6 Å². The quantitative estimate of drug-likeness (QED) is 0.834. The van der Waals surface area contributed by atoms with Crippen LogP contribution < -0.4 is 0 Å². The Hall–Kier alpha value is -1.40. The van der Waals surface area contributed by atoms with Crippen LogP contribution in [-0.2, 0) is 27.7 Å². The lowest BCUT2D eigenvalue weighted by Crippen LogP contribution is -2.50. The molecule has 116 valence electrons. The van der Waals surface area contributed by atoms with Gasteiger partial charge >= 0.3 is 0 Å².